The SMILES string of the molecule is O=C(CSC1NNC(Cc2ccc(Cl)cc2)C(=O)N1)Nc1ccc(F)cc1. The van der Waals surface area contributed by atoms with E-state index in [1.807, 2.05) is 12.1 Å². The molecule has 27 heavy (non-hydrogen) atoms. The van der Waals surface area contributed by atoms with Crippen molar-refractivity contribution in [1.29, 1.82) is 0 Å². The molecule has 142 valence electrons. The van der Waals surface area contributed by atoms with Gasteiger partial charge in [0, 0.05) is 10.7 Å². The van der Waals surface area contributed by atoms with Gasteiger partial charge in [-0.05, 0) is 48.4 Å². The zero-order valence-electron chi connectivity index (χ0n) is 14.2. The molecule has 1 aliphatic heterocycles. The lowest BCUT2D eigenvalue weighted by Gasteiger charge is -2.31. The number of rotatable bonds is 6. The summed E-state index contributed by atoms with van der Waals surface area (Å²) < 4.78 is 12.9. The van der Waals surface area contributed by atoms with Crippen molar-refractivity contribution in [3.8, 4) is 0 Å². The predicted octanol–water partition coefficient (Wildman–Crippen LogP) is 2.27. The van der Waals surface area contributed by atoms with Gasteiger partial charge < -0.3 is 10.6 Å². The maximum atomic E-state index is 12.9. The van der Waals surface area contributed by atoms with Gasteiger partial charge in [0.05, 0.1) is 5.75 Å². The molecule has 0 bridgehead atoms. The number of hydrazine groups is 1. The Morgan fingerprint density at radius 1 is 1.11 bits per heavy atom. The van der Waals surface area contributed by atoms with E-state index in [9.17, 15) is 14.0 Å². The van der Waals surface area contributed by atoms with Crippen LogP contribution in [0.4, 0.5) is 10.1 Å². The lowest BCUT2D eigenvalue weighted by Crippen LogP contribution is -2.64. The molecule has 3 rings (SSSR count). The smallest absolute Gasteiger partial charge is 0.240 e. The van der Waals surface area contributed by atoms with Gasteiger partial charge in [-0.25, -0.2) is 15.2 Å². The molecule has 1 aliphatic rings. The Balaban J connectivity index is 1.42. The van der Waals surface area contributed by atoms with Crippen LogP contribution in [-0.4, -0.2) is 29.1 Å². The van der Waals surface area contributed by atoms with Crippen molar-refractivity contribution in [1.82, 2.24) is 16.2 Å². The standard InChI is InChI=1S/C18H18ClFN4O2S/c19-12-3-1-11(2-4-12)9-15-17(26)22-18(24-23-15)27-10-16(25)21-14-7-5-13(20)6-8-14/h1-8,15,18,23-24H,9-10H2,(H,21,25)(H,22,26). The number of benzene rings is 2. The molecule has 0 aliphatic carbocycles. The molecule has 9 heteroatoms. The third kappa shape index (κ3) is 5.93. The molecular weight excluding hydrogens is 391 g/mol. The molecule has 2 aromatic rings. The summed E-state index contributed by atoms with van der Waals surface area (Å²) in [6.45, 7) is 0. The van der Waals surface area contributed by atoms with Crippen LogP contribution in [0, 0.1) is 5.82 Å². The van der Waals surface area contributed by atoms with Gasteiger partial charge in [-0.1, -0.05) is 23.7 Å². The first-order valence-electron chi connectivity index (χ1n) is 8.22. The number of hydrogen-bond donors (Lipinski definition) is 4. The Labute approximate surface area is 165 Å². The molecule has 0 spiro atoms. The first-order chi connectivity index (χ1) is 13.0. The molecule has 6 nitrogen and oxygen atoms in total. The highest BCUT2D eigenvalue weighted by Crippen LogP contribution is 2.14. The van der Waals surface area contributed by atoms with Crippen LogP contribution < -0.4 is 21.5 Å². The van der Waals surface area contributed by atoms with Crippen LogP contribution in [0.25, 0.3) is 0 Å². The van der Waals surface area contributed by atoms with E-state index in [1.54, 1.807) is 12.1 Å². The van der Waals surface area contributed by atoms with E-state index in [0.717, 1.165) is 5.56 Å². The van der Waals surface area contributed by atoms with E-state index < -0.39 is 11.5 Å². The molecule has 0 saturated carbocycles. The quantitative estimate of drug-likeness (QED) is 0.589. The van der Waals surface area contributed by atoms with Gasteiger partial charge in [-0.3, -0.25) is 9.59 Å². The second-order valence-electron chi connectivity index (χ2n) is 5.93. The van der Waals surface area contributed by atoms with Crippen LogP contribution in [0.2, 0.25) is 5.02 Å². The van der Waals surface area contributed by atoms with Crippen molar-refractivity contribution >= 4 is 40.9 Å². The highest BCUT2D eigenvalue weighted by atomic mass is 35.5. The molecule has 0 radical (unpaired) electrons. The van der Waals surface area contributed by atoms with Gasteiger partial charge in [-0.15, -0.1) is 11.8 Å². The largest absolute Gasteiger partial charge is 0.329 e. The van der Waals surface area contributed by atoms with Crippen LogP contribution in [0.15, 0.2) is 48.5 Å². The highest BCUT2D eigenvalue weighted by Gasteiger charge is 2.27. The number of anilines is 1. The topological polar surface area (TPSA) is 82.3 Å². The summed E-state index contributed by atoms with van der Waals surface area (Å²) in [4.78, 5) is 24.2. The third-order valence-electron chi connectivity index (χ3n) is 3.84. The average Bonchev–Trinajstić information content (AvgIpc) is 2.66. The Kier molecular flexibility index (Phi) is 6.68. The zero-order valence-corrected chi connectivity index (χ0v) is 15.7. The minimum absolute atomic E-state index is 0.124. The number of carbonyl (C=O) groups is 2. The molecule has 2 unspecified atom stereocenters. The van der Waals surface area contributed by atoms with Crippen molar-refractivity contribution < 1.29 is 14.0 Å². The van der Waals surface area contributed by atoms with Gasteiger partial charge in [0.2, 0.25) is 11.8 Å². The van der Waals surface area contributed by atoms with Gasteiger partial charge in [0.25, 0.3) is 0 Å². The second-order valence-corrected chi connectivity index (χ2v) is 7.46. The monoisotopic (exact) mass is 408 g/mol. The van der Waals surface area contributed by atoms with E-state index in [-0.39, 0.29) is 23.4 Å². The molecule has 2 atom stereocenters. The summed E-state index contributed by atoms with van der Waals surface area (Å²) in [5, 5.41) is 6.13. The fourth-order valence-electron chi connectivity index (χ4n) is 2.48. The first-order valence-corrected chi connectivity index (χ1v) is 9.65. The van der Waals surface area contributed by atoms with Crippen molar-refractivity contribution in [3.05, 3.63) is 64.9 Å². The number of carbonyl (C=O) groups excluding carboxylic acids is 2. The van der Waals surface area contributed by atoms with Crippen LogP contribution in [0.5, 0.6) is 0 Å². The van der Waals surface area contributed by atoms with Gasteiger partial charge >= 0.3 is 0 Å². The summed E-state index contributed by atoms with van der Waals surface area (Å²) in [6.07, 6.45) is 0.512. The van der Waals surface area contributed by atoms with E-state index in [1.165, 1.54) is 36.0 Å². The maximum absolute atomic E-state index is 12.9. The molecule has 2 aromatic carbocycles. The molecule has 2 amide bonds. The molecular formula is C18H18ClFN4O2S. The van der Waals surface area contributed by atoms with E-state index in [2.05, 4.69) is 21.5 Å². The fraction of sp³-hybridized carbons (Fsp3) is 0.222. The summed E-state index contributed by atoms with van der Waals surface area (Å²) >= 11 is 7.09. The number of halogens is 2. The van der Waals surface area contributed by atoms with Gasteiger partial charge in [0.1, 0.15) is 17.4 Å². The number of thioether (sulfide) groups is 1. The normalized spacial score (nSPS) is 19.4. The number of hydrogen-bond acceptors (Lipinski definition) is 5. The zero-order chi connectivity index (χ0) is 19.2. The van der Waals surface area contributed by atoms with Crippen molar-refractivity contribution in [2.45, 2.75) is 18.0 Å². The summed E-state index contributed by atoms with van der Waals surface area (Å²) in [7, 11) is 0. The minimum Gasteiger partial charge on any atom is -0.329 e. The Morgan fingerprint density at radius 2 is 1.81 bits per heavy atom. The van der Waals surface area contributed by atoms with Crippen LogP contribution in [0.3, 0.4) is 0 Å². The summed E-state index contributed by atoms with van der Waals surface area (Å²) in [6, 6.07) is 12.4. The van der Waals surface area contributed by atoms with Crippen LogP contribution in [0.1, 0.15) is 5.56 Å². The molecule has 4 N–H and O–H groups in total. The third-order valence-corrected chi connectivity index (χ3v) is 5.09. The van der Waals surface area contributed by atoms with E-state index in [0.29, 0.717) is 17.1 Å². The Morgan fingerprint density at radius 3 is 2.48 bits per heavy atom. The molecule has 1 saturated heterocycles. The Bertz CT molecular complexity index is 804. The van der Waals surface area contributed by atoms with E-state index >= 15 is 0 Å². The van der Waals surface area contributed by atoms with Crippen molar-refractivity contribution in [2.75, 3.05) is 11.1 Å². The minimum atomic E-state index is -0.432. The number of amides is 2. The average molecular weight is 409 g/mol. The van der Waals surface area contributed by atoms with Crippen LogP contribution >= 0.6 is 23.4 Å². The lowest BCUT2D eigenvalue weighted by atomic mass is 10.1. The van der Waals surface area contributed by atoms with Crippen LogP contribution in [-0.2, 0) is 16.0 Å². The molecule has 1 heterocycles. The molecule has 0 aromatic heterocycles. The predicted molar refractivity (Wildman–Crippen MR) is 105 cm³/mol. The van der Waals surface area contributed by atoms with Gasteiger partial charge in [-0.2, -0.15) is 0 Å². The number of nitrogens with one attached hydrogen (secondary N) is 4. The lowest BCUT2D eigenvalue weighted by molar-refractivity contribution is -0.125. The van der Waals surface area contributed by atoms with Gasteiger partial charge in [0.15, 0.2) is 0 Å². The summed E-state index contributed by atoms with van der Waals surface area (Å²) in [5.74, 6) is -0.638. The maximum Gasteiger partial charge on any atom is 0.240 e. The second kappa shape index (κ2) is 9.18. The molecule has 1 fully saturated rings. The first kappa shape index (κ1) is 19.6. The van der Waals surface area contributed by atoms with Crippen molar-refractivity contribution in [2.24, 2.45) is 0 Å². The summed E-state index contributed by atoms with van der Waals surface area (Å²) in [5.41, 5.74) is 7.03. The van der Waals surface area contributed by atoms with E-state index in [4.69, 9.17) is 11.6 Å². The van der Waals surface area contributed by atoms with Crippen molar-refractivity contribution in [3.63, 3.8) is 0 Å². The highest BCUT2D eigenvalue weighted by molar-refractivity contribution is 8.00. The fourth-order valence-corrected chi connectivity index (χ4v) is 3.35. The Hall–Kier alpha value is -2.13.